The number of aromatic nitrogens is 1. The van der Waals surface area contributed by atoms with Gasteiger partial charge in [-0.15, -0.1) is 0 Å². The Labute approximate surface area is 179 Å². The van der Waals surface area contributed by atoms with Crippen molar-refractivity contribution in [1.82, 2.24) is 4.57 Å². The van der Waals surface area contributed by atoms with Crippen molar-refractivity contribution in [3.63, 3.8) is 0 Å². The van der Waals surface area contributed by atoms with E-state index in [1.54, 1.807) is 22.8 Å². The second-order valence-electron chi connectivity index (χ2n) is 7.02. The number of benzene rings is 2. The van der Waals surface area contributed by atoms with Crippen molar-refractivity contribution in [3.8, 4) is 5.75 Å². The van der Waals surface area contributed by atoms with Crippen molar-refractivity contribution in [2.75, 3.05) is 13.7 Å². The van der Waals surface area contributed by atoms with E-state index in [-0.39, 0.29) is 12.5 Å². The highest BCUT2D eigenvalue weighted by molar-refractivity contribution is 7.16. The molecule has 0 fully saturated rings. The lowest BCUT2D eigenvalue weighted by molar-refractivity contribution is -0.141. The van der Waals surface area contributed by atoms with Crippen LogP contribution in [0, 0.1) is 6.92 Å². The first-order valence-electron chi connectivity index (χ1n) is 10.0. The quantitative estimate of drug-likeness (QED) is 0.393. The second kappa shape index (κ2) is 10.2. The Morgan fingerprint density at radius 3 is 2.73 bits per heavy atom. The van der Waals surface area contributed by atoms with Crippen molar-refractivity contribution < 1.29 is 19.1 Å². The third-order valence-corrected chi connectivity index (χ3v) is 5.69. The molecule has 0 aliphatic rings. The van der Waals surface area contributed by atoms with Crippen LogP contribution in [-0.2, 0) is 16.1 Å². The molecule has 30 heavy (non-hydrogen) atoms. The van der Waals surface area contributed by atoms with E-state index in [1.807, 2.05) is 31.2 Å². The molecule has 0 bridgehead atoms. The maximum atomic E-state index is 12.8. The van der Waals surface area contributed by atoms with Gasteiger partial charge in [-0.2, -0.15) is 4.99 Å². The van der Waals surface area contributed by atoms with E-state index in [2.05, 4.69) is 11.9 Å². The molecule has 1 aromatic heterocycles. The number of hydrogen-bond acceptors (Lipinski definition) is 5. The Morgan fingerprint density at radius 1 is 1.13 bits per heavy atom. The molecule has 3 aromatic rings. The Hall–Kier alpha value is -2.93. The van der Waals surface area contributed by atoms with Crippen LogP contribution in [0.25, 0.3) is 10.2 Å². The summed E-state index contributed by atoms with van der Waals surface area (Å²) in [4.78, 5) is 29.5. The predicted molar refractivity (Wildman–Crippen MR) is 118 cm³/mol. The Bertz CT molecular complexity index is 1110. The van der Waals surface area contributed by atoms with E-state index >= 15 is 0 Å². The van der Waals surface area contributed by atoms with Crippen LogP contribution in [0.3, 0.4) is 0 Å². The fraction of sp³-hybridized carbons (Fsp3) is 0.348. The molecule has 0 N–H and O–H groups in total. The number of hydrogen-bond donors (Lipinski definition) is 0. The third kappa shape index (κ3) is 5.36. The van der Waals surface area contributed by atoms with Crippen molar-refractivity contribution in [2.24, 2.45) is 4.99 Å². The van der Waals surface area contributed by atoms with Gasteiger partial charge >= 0.3 is 5.97 Å². The largest absolute Gasteiger partial charge is 0.494 e. The molecule has 0 atom stereocenters. The van der Waals surface area contributed by atoms with E-state index in [4.69, 9.17) is 9.47 Å². The topological polar surface area (TPSA) is 69.9 Å². The van der Waals surface area contributed by atoms with Gasteiger partial charge in [0.05, 0.1) is 23.9 Å². The first-order valence-corrected chi connectivity index (χ1v) is 10.8. The van der Waals surface area contributed by atoms with Gasteiger partial charge in [-0.3, -0.25) is 9.59 Å². The molecule has 0 spiro atoms. The SMILES string of the molecule is CCCCCOc1cccc(C(=O)N=c2sc3cc(C)ccc3n2CC(=O)OC)c1. The predicted octanol–water partition coefficient (Wildman–Crippen LogP) is 4.49. The summed E-state index contributed by atoms with van der Waals surface area (Å²) < 4.78 is 13.2. The Kier molecular flexibility index (Phi) is 7.41. The fourth-order valence-corrected chi connectivity index (χ4v) is 4.15. The zero-order chi connectivity index (χ0) is 21.5. The molecule has 6 nitrogen and oxygen atoms in total. The summed E-state index contributed by atoms with van der Waals surface area (Å²) in [7, 11) is 1.34. The molecule has 0 saturated heterocycles. The van der Waals surface area contributed by atoms with Crippen LogP contribution in [0.15, 0.2) is 47.5 Å². The minimum absolute atomic E-state index is 0.00768. The summed E-state index contributed by atoms with van der Waals surface area (Å²) in [6.07, 6.45) is 3.22. The molecular formula is C23H26N2O4S. The molecule has 1 amide bonds. The molecule has 3 rings (SSSR count). The molecule has 0 saturated carbocycles. The zero-order valence-electron chi connectivity index (χ0n) is 17.5. The van der Waals surface area contributed by atoms with Crippen LogP contribution in [-0.4, -0.2) is 30.2 Å². The van der Waals surface area contributed by atoms with E-state index in [9.17, 15) is 9.59 Å². The van der Waals surface area contributed by atoms with Gasteiger partial charge in [-0.25, -0.2) is 0 Å². The van der Waals surface area contributed by atoms with E-state index < -0.39 is 5.97 Å². The minimum atomic E-state index is -0.397. The average Bonchev–Trinajstić information content (AvgIpc) is 3.07. The van der Waals surface area contributed by atoms with Crippen LogP contribution in [0.1, 0.15) is 42.1 Å². The number of amides is 1. The third-order valence-electron chi connectivity index (χ3n) is 4.65. The lowest BCUT2D eigenvalue weighted by atomic mass is 10.2. The molecule has 158 valence electrons. The van der Waals surface area contributed by atoms with Gasteiger partial charge in [0.2, 0.25) is 0 Å². The summed E-state index contributed by atoms with van der Waals surface area (Å²) in [5, 5.41) is 0. The summed E-state index contributed by atoms with van der Waals surface area (Å²) >= 11 is 1.37. The van der Waals surface area contributed by atoms with Gasteiger partial charge in [0.15, 0.2) is 4.80 Å². The molecular weight excluding hydrogens is 400 g/mol. The van der Waals surface area contributed by atoms with Gasteiger partial charge in [0, 0.05) is 5.56 Å². The summed E-state index contributed by atoms with van der Waals surface area (Å²) in [6, 6.07) is 13.0. The van der Waals surface area contributed by atoms with Crippen LogP contribution >= 0.6 is 11.3 Å². The van der Waals surface area contributed by atoms with E-state index in [0.717, 1.165) is 35.0 Å². The van der Waals surface area contributed by atoms with Crippen molar-refractivity contribution >= 4 is 33.4 Å². The number of carbonyl (C=O) groups is 2. The smallest absolute Gasteiger partial charge is 0.325 e. The fourth-order valence-electron chi connectivity index (χ4n) is 3.02. The van der Waals surface area contributed by atoms with Gasteiger partial charge in [0.1, 0.15) is 12.3 Å². The van der Waals surface area contributed by atoms with Gasteiger partial charge in [-0.05, 0) is 49.2 Å². The number of thiazole rings is 1. The van der Waals surface area contributed by atoms with E-state index in [1.165, 1.54) is 18.4 Å². The highest BCUT2D eigenvalue weighted by Gasteiger charge is 2.13. The second-order valence-corrected chi connectivity index (χ2v) is 8.03. The molecule has 0 aliphatic heterocycles. The van der Waals surface area contributed by atoms with Crippen molar-refractivity contribution in [3.05, 3.63) is 58.4 Å². The Balaban J connectivity index is 1.93. The maximum absolute atomic E-state index is 12.8. The number of rotatable bonds is 8. The molecule has 7 heteroatoms. The number of nitrogens with zero attached hydrogens (tertiary/aromatic N) is 2. The van der Waals surface area contributed by atoms with Crippen LogP contribution < -0.4 is 9.54 Å². The number of fused-ring (bicyclic) bond motifs is 1. The average molecular weight is 427 g/mol. The standard InChI is InChI=1S/C23H26N2O4S/c1-4-5-6-12-29-18-9-7-8-17(14-18)22(27)24-23-25(15-21(26)28-3)19-11-10-16(2)13-20(19)30-23/h7-11,13-14H,4-6,12,15H2,1-3H3. The number of carbonyl (C=O) groups excluding carboxylic acids is 2. The summed E-state index contributed by atoms with van der Waals surface area (Å²) in [5.41, 5.74) is 2.39. The molecule has 2 aromatic carbocycles. The molecule has 1 heterocycles. The zero-order valence-corrected chi connectivity index (χ0v) is 18.3. The van der Waals surface area contributed by atoms with Crippen LogP contribution in [0.2, 0.25) is 0 Å². The number of methoxy groups -OCH3 is 1. The lowest BCUT2D eigenvalue weighted by Crippen LogP contribution is -2.22. The minimum Gasteiger partial charge on any atom is -0.494 e. The molecule has 0 aliphatic carbocycles. The lowest BCUT2D eigenvalue weighted by Gasteiger charge is -2.06. The van der Waals surface area contributed by atoms with E-state index in [0.29, 0.717) is 22.7 Å². The number of unbranched alkanes of at least 4 members (excludes halogenated alkanes) is 2. The summed E-state index contributed by atoms with van der Waals surface area (Å²) in [6.45, 7) is 4.75. The van der Waals surface area contributed by atoms with Gasteiger partial charge in [-0.1, -0.05) is 43.2 Å². The highest BCUT2D eigenvalue weighted by atomic mass is 32.1. The molecule has 0 unspecified atom stereocenters. The first kappa shape index (κ1) is 21.8. The number of esters is 1. The monoisotopic (exact) mass is 426 g/mol. The number of ether oxygens (including phenoxy) is 2. The summed E-state index contributed by atoms with van der Waals surface area (Å²) in [5.74, 6) is -0.121. The number of aryl methyl sites for hydroxylation is 1. The van der Waals surface area contributed by atoms with Gasteiger partial charge in [0.25, 0.3) is 5.91 Å². The van der Waals surface area contributed by atoms with Crippen molar-refractivity contribution in [1.29, 1.82) is 0 Å². The van der Waals surface area contributed by atoms with Crippen molar-refractivity contribution in [2.45, 2.75) is 39.7 Å². The highest BCUT2D eigenvalue weighted by Crippen LogP contribution is 2.20. The van der Waals surface area contributed by atoms with Crippen LogP contribution in [0.5, 0.6) is 5.75 Å². The maximum Gasteiger partial charge on any atom is 0.325 e. The first-order chi connectivity index (χ1) is 14.5. The normalized spacial score (nSPS) is 11.6. The van der Waals surface area contributed by atoms with Crippen LogP contribution in [0.4, 0.5) is 0 Å². The Morgan fingerprint density at radius 2 is 1.97 bits per heavy atom. The molecule has 0 radical (unpaired) electrons. The van der Waals surface area contributed by atoms with Gasteiger partial charge < -0.3 is 14.0 Å².